The first-order chi connectivity index (χ1) is 17.4. The zero-order valence-corrected chi connectivity index (χ0v) is 21.2. The Labute approximate surface area is 215 Å². The van der Waals surface area contributed by atoms with Gasteiger partial charge in [0.1, 0.15) is 5.75 Å². The van der Waals surface area contributed by atoms with E-state index in [0.29, 0.717) is 12.2 Å². The highest BCUT2D eigenvalue weighted by atomic mass is 32.2. The van der Waals surface area contributed by atoms with Gasteiger partial charge in [0.15, 0.2) is 0 Å². The average Bonchev–Trinajstić information content (AvgIpc) is 3.03. The molecule has 4 rings (SSSR count). The lowest BCUT2D eigenvalue weighted by molar-refractivity contribution is -0.134. The second-order valence-corrected chi connectivity index (χ2v) is 9.57. The normalized spacial score (nSPS) is 18.1. The summed E-state index contributed by atoms with van der Waals surface area (Å²) in [5, 5.41) is 15.6. The molecule has 0 bridgehead atoms. The molecule has 2 aliphatic rings. The molecule has 192 valence electrons. The van der Waals surface area contributed by atoms with Crippen LogP contribution in [0, 0.1) is 0 Å². The van der Waals surface area contributed by atoms with Crippen molar-refractivity contribution in [2.45, 2.75) is 30.1 Å². The molecular weight excluding hydrogens is 480 g/mol. The Bertz CT molecular complexity index is 1050. The van der Waals surface area contributed by atoms with E-state index in [-0.39, 0.29) is 11.8 Å². The Kier molecular flexibility index (Phi) is 10.4. The van der Waals surface area contributed by atoms with Crippen LogP contribution in [-0.2, 0) is 14.4 Å². The van der Waals surface area contributed by atoms with Gasteiger partial charge in [-0.1, -0.05) is 30.7 Å². The van der Waals surface area contributed by atoms with Gasteiger partial charge < -0.3 is 24.7 Å². The lowest BCUT2D eigenvalue weighted by Crippen LogP contribution is -2.42. The molecule has 1 atom stereocenters. The maximum absolute atomic E-state index is 13.6. The number of piperidine rings is 1. The highest BCUT2D eigenvalue weighted by Gasteiger charge is 2.32. The van der Waals surface area contributed by atoms with E-state index in [9.17, 15) is 14.4 Å². The number of carboxylic acid groups (broad SMARTS) is 2. The summed E-state index contributed by atoms with van der Waals surface area (Å²) in [5.74, 6) is -0.852. The van der Waals surface area contributed by atoms with Gasteiger partial charge >= 0.3 is 11.9 Å². The number of hydrogen-bond donors (Lipinski definition) is 2. The molecule has 1 saturated heterocycles. The van der Waals surface area contributed by atoms with Gasteiger partial charge in [-0.3, -0.25) is 4.79 Å². The molecular formula is C27H32N2O6S. The molecule has 2 N–H and O–H groups in total. The van der Waals surface area contributed by atoms with E-state index in [1.165, 1.54) is 24.2 Å². The Morgan fingerprint density at radius 3 is 2.22 bits per heavy atom. The topological polar surface area (TPSA) is 107 Å². The molecule has 0 aliphatic carbocycles. The van der Waals surface area contributed by atoms with Gasteiger partial charge in [-0.25, -0.2) is 9.59 Å². The third-order valence-corrected chi connectivity index (χ3v) is 7.26. The summed E-state index contributed by atoms with van der Waals surface area (Å²) >= 11 is 1.78. The van der Waals surface area contributed by atoms with Crippen LogP contribution in [0.2, 0.25) is 0 Å². The number of ether oxygens (including phenoxy) is 1. The number of anilines is 1. The van der Waals surface area contributed by atoms with Crippen molar-refractivity contribution < 1.29 is 29.3 Å². The molecule has 9 heteroatoms. The Morgan fingerprint density at radius 1 is 0.972 bits per heavy atom. The molecule has 0 spiro atoms. The van der Waals surface area contributed by atoms with Gasteiger partial charge in [-0.15, -0.1) is 11.8 Å². The predicted octanol–water partition coefficient (Wildman–Crippen LogP) is 4.12. The van der Waals surface area contributed by atoms with Crippen molar-refractivity contribution in [3.05, 3.63) is 66.2 Å². The highest BCUT2D eigenvalue weighted by Crippen LogP contribution is 2.39. The van der Waals surface area contributed by atoms with Crippen molar-refractivity contribution in [1.82, 2.24) is 4.90 Å². The van der Waals surface area contributed by atoms with Crippen molar-refractivity contribution in [2.24, 2.45) is 0 Å². The molecule has 2 aromatic carbocycles. The number of methoxy groups -OCH3 is 1. The SMILES string of the molecule is COc1ccc(C2CSc3ccccc3N(CCN3CCCCC3)C2=O)cc1.O=C(O)C=CC(=O)O. The van der Waals surface area contributed by atoms with Crippen LogP contribution in [0.4, 0.5) is 5.69 Å². The number of nitrogens with zero attached hydrogens (tertiary/aromatic N) is 2. The Hall–Kier alpha value is -3.30. The number of para-hydroxylation sites is 1. The number of thioether (sulfide) groups is 1. The fourth-order valence-electron chi connectivity index (χ4n) is 4.23. The maximum atomic E-state index is 13.6. The first kappa shape index (κ1) is 27.3. The summed E-state index contributed by atoms with van der Waals surface area (Å²) < 4.78 is 5.28. The van der Waals surface area contributed by atoms with Crippen LogP contribution in [0.3, 0.4) is 0 Å². The second-order valence-electron chi connectivity index (χ2n) is 8.51. The lowest BCUT2D eigenvalue weighted by Gasteiger charge is -2.31. The van der Waals surface area contributed by atoms with Crippen LogP contribution < -0.4 is 9.64 Å². The number of hydrogen-bond acceptors (Lipinski definition) is 6. The van der Waals surface area contributed by atoms with E-state index in [0.717, 1.165) is 48.9 Å². The number of aliphatic carboxylic acids is 2. The molecule has 2 heterocycles. The molecule has 1 unspecified atom stereocenters. The predicted molar refractivity (Wildman–Crippen MR) is 140 cm³/mol. The van der Waals surface area contributed by atoms with Gasteiger partial charge in [0.25, 0.3) is 0 Å². The first-order valence-corrected chi connectivity index (χ1v) is 12.9. The van der Waals surface area contributed by atoms with Gasteiger partial charge in [-0.05, 0) is 55.8 Å². The summed E-state index contributed by atoms with van der Waals surface area (Å²) in [7, 11) is 1.67. The molecule has 0 radical (unpaired) electrons. The zero-order chi connectivity index (χ0) is 25.9. The molecule has 2 aliphatic heterocycles. The number of rotatable bonds is 7. The number of benzene rings is 2. The van der Waals surface area contributed by atoms with Gasteiger partial charge in [0, 0.05) is 35.9 Å². The molecule has 2 aromatic rings. The fourth-order valence-corrected chi connectivity index (χ4v) is 5.41. The minimum atomic E-state index is -1.26. The summed E-state index contributed by atoms with van der Waals surface area (Å²) in [6, 6.07) is 16.3. The van der Waals surface area contributed by atoms with Crippen molar-refractivity contribution in [3.8, 4) is 5.75 Å². The quantitative estimate of drug-likeness (QED) is 0.534. The summed E-state index contributed by atoms with van der Waals surface area (Å²) in [6.45, 7) is 4.00. The van der Waals surface area contributed by atoms with Crippen molar-refractivity contribution >= 4 is 35.3 Å². The maximum Gasteiger partial charge on any atom is 0.328 e. The van der Waals surface area contributed by atoms with Crippen molar-refractivity contribution in [1.29, 1.82) is 0 Å². The lowest BCUT2D eigenvalue weighted by atomic mass is 9.99. The highest BCUT2D eigenvalue weighted by molar-refractivity contribution is 7.99. The van der Waals surface area contributed by atoms with Crippen LogP contribution in [-0.4, -0.2) is 72.0 Å². The van der Waals surface area contributed by atoms with E-state index in [2.05, 4.69) is 23.1 Å². The van der Waals surface area contributed by atoms with Gasteiger partial charge in [0.2, 0.25) is 5.91 Å². The van der Waals surface area contributed by atoms with E-state index in [1.807, 2.05) is 35.2 Å². The Balaban J connectivity index is 0.000000392. The third kappa shape index (κ3) is 7.86. The number of fused-ring (bicyclic) bond motifs is 1. The molecule has 0 aromatic heterocycles. The monoisotopic (exact) mass is 512 g/mol. The number of carboxylic acids is 2. The Morgan fingerprint density at radius 2 is 1.61 bits per heavy atom. The van der Waals surface area contributed by atoms with Crippen LogP contribution in [0.5, 0.6) is 5.75 Å². The largest absolute Gasteiger partial charge is 0.497 e. The first-order valence-electron chi connectivity index (χ1n) is 11.9. The summed E-state index contributed by atoms with van der Waals surface area (Å²) in [6.07, 6.45) is 4.99. The molecule has 8 nitrogen and oxygen atoms in total. The van der Waals surface area contributed by atoms with Crippen molar-refractivity contribution in [2.75, 3.05) is 43.9 Å². The van der Waals surface area contributed by atoms with E-state index in [1.54, 1.807) is 18.9 Å². The van der Waals surface area contributed by atoms with Gasteiger partial charge in [0.05, 0.1) is 18.7 Å². The van der Waals surface area contributed by atoms with E-state index >= 15 is 0 Å². The zero-order valence-electron chi connectivity index (χ0n) is 20.3. The van der Waals surface area contributed by atoms with Gasteiger partial charge in [-0.2, -0.15) is 0 Å². The number of likely N-dealkylation sites (tertiary alicyclic amines) is 1. The standard InChI is InChI=1S/C23H28N2O2S.C4H4O4/c1-27-19-11-9-18(10-12-19)20-17-28-22-8-4-3-7-21(22)25(23(20)26)16-15-24-13-5-2-6-14-24;5-3(6)1-2-4(7)8/h3-4,7-12,20H,2,5-6,13-17H2,1H3;1-2H,(H,5,6)(H,7,8). The average molecular weight is 513 g/mol. The van der Waals surface area contributed by atoms with Crippen LogP contribution in [0.25, 0.3) is 0 Å². The molecule has 1 amide bonds. The minimum Gasteiger partial charge on any atom is -0.497 e. The number of amides is 1. The van der Waals surface area contributed by atoms with Crippen LogP contribution in [0.15, 0.2) is 65.6 Å². The summed E-state index contributed by atoms with van der Waals surface area (Å²) in [4.78, 5) is 38.4. The smallest absolute Gasteiger partial charge is 0.328 e. The number of carbonyl (C=O) groups excluding carboxylic acids is 1. The van der Waals surface area contributed by atoms with Crippen molar-refractivity contribution in [3.63, 3.8) is 0 Å². The van der Waals surface area contributed by atoms with E-state index < -0.39 is 11.9 Å². The fraction of sp³-hybridized carbons (Fsp3) is 0.370. The minimum absolute atomic E-state index is 0.135. The summed E-state index contributed by atoms with van der Waals surface area (Å²) in [5.41, 5.74) is 2.12. The molecule has 0 saturated carbocycles. The van der Waals surface area contributed by atoms with E-state index in [4.69, 9.17) is 14.9 Å². The third-order valence-electron chi connectivity index (χ3n) is 6.10. The second kappa shape index (κ2) is 13.7. The molecule has 1 fully saturated rings. The van der Waals surface area contributed by atoms with Crippen LogP contribution in [0.1, 0.15) is 30.7 Å². The van der Waals surface area contributed by atoms with Crippen LogP contribution >= 0.6 is 11.8 Å². The molecule has 36 heavy (non-hydrogen) atoms. The number of carbonyl (C=O) groups is 3.